The number of carbonyl (C=O) groups excluding carboxylic acids is 3. The summed E-state index contributed by atoms with van der Waals surface area (Å²) in [6.45, 7) is 4.71. The van der Waals surface area contributed by atoms with Crippen LogP contribution in [0.3, 0.4) is 0 Å². The van der Waals surface area contributed by atoms with Crippen molar-refractivity contribution in [1.29, 1.82) is 0 Å². The fourth-order valence-electron chi connectivity index (χ4n) is 7.21. The molecule has 29 heavy (non-hydrogen) atoms. The number of allylic oxidation sites excluding steroid dienone is 4. The van der Waals surface area contributed by atoms with Crippen LogP contribution in [0.5, 0.6) is 0 Å². The van der Waals surface area contributed by atoms with Crippen molar-refractivity contribution in [3.05, 3.63) is 23.8 Å². The van der Waals surface area contributed by atoms with Gasteiger partial charge in [-0.25, -0.2) is 0 Å². The molecule has 0 unspecified atom stereocenters. The van der Waals surface area contributed by atoms with E-state index in [-0.39, 0.29) is 34.9 Å². The highest BCUT2D eigenvalue weighted by Crippen LogP contribution is 2.67. The molecule has 4 rings (SSSR count). The van der Waals surface area contributed by atoms with Crippen LogP contribution in [-0.4, -0.2) is 46.1 Å². The van der Waals surface area contributed by atoms with E-state index >= 15 is 0 Å². The maximum Gasteiger partial charge on any atom is 0.302 e. The van der Waals surface area contributed by atoms with Crippen LogP contribution in [0.4, 0.5) is 0 Å². The largest absolute Gasteiger partial charge is 0.462 e. The van der Waals surface area contributed by atoms with Gasteiger partial charge in [0.05, 0.1) is 0 Å². The Labute approximate surface area is 171 Å². The number of carbonyl (C=O) groups is 3. The maximum absolute atomic E-state index is 12.5. The SMILES string of the molecule is CC(=O)O[C@H]1C[C@@]2(C)[C@@H](CC[C@]2(O)C(=O)CO)[C@@H]2CCC3=CC(=O)C=C[C@]3(C)[C@H]21. The van der Waals surface area contributed by atoms with E-state index in [0.717, 1.165) is 18.4 Å². The number of ketones is 2. The second-order valence-electron chi connectivity index (χ2n) is 9.77. The molecule has 0 aromatic carbocycles. The number of fused-ring (bicyclic) bond motifs is 5. The van der Waals surface area contributed by atoms with Gasteiger partial charge in [-0.2, -0.15) is 0 Å². The average Bonchev–Trinajstić information content (AvgIpc) is 2.92. The third-order valence-corrected chi connectivity index (χ3v) is 8.55. The molecule has 0 aromatic heterocycles. The Balaban J connectivity index is 1.80. The Morgan fingerprint density at radius 2 is 2.00 bits per heavy atom. The van der Waals surface area contributed by atoms with E-state index in [2.05, 4.69) is 6.92 Å². The highest BCUT2D eigenvalue weighted by atomic mass is 16.5. The van der Waals surface area contributed by atoms with Gasteiger partial charge in [0.15, 0.2) is 11.6 Å². The number of esters is 1. The standard InChI is InChI=1S/C23H30O6/c1-13(25)29-18-11-22(3)17(7-9-23(22,28)19(27)12-24)16-5-4-14-10-15(26)6-8-21(14,2)20(16)18/h6,8,10,16-18,20,24,28H,4-5,7,9,11-12H2,1-3H3/t16-,17-,18-,20+,21-,22-,23-/m0/s1. The monoisotopic (exact) mass is 402 g/mol. The highest BCUT2D eigenvalue weighted by molar-refractivity contribution is 6.01. The molecule has 0 bridgehead atoms. The Morgan fingerprint density at radius 3 is 2.66 bits per heavy atom. The number of aliphatic hydroxyl groups is 2. The minimum absolute atomic E-state index is 0.00982. The first kappa shape index (κ1) is 20.5. The third kappa shape index (κ3) is 2.72. The molecule has 0 radical (unpaired) electrons. The van der Waals surface area contributed by atoms with Gasteiger partial charge in [-0.3, -0.25) is 14.4 Å². The number of rotatable bonds is 3. The van der Waals surface area contributed by atoms with Crippen molar-refractivity contribution < 1.29 is 29.3 Å². The van der Waals surface area contributed by atoms with Gasteiger partial charge in [0, 0.05) is 23.7 Å². The van der Waals surface area contributed by atoms with Crippen LogP contribution in [0.15, 0.2) is 23.8 Å². The van der Waals surface area contributed by atoms with Gasteiger partial charge >= 0.3 is 5.97 Å². The molecule has 7 atom stereocenters. The Hall–Kier alpha value is -1.79. The van der Waals surface area contributed by atoms with E-state index in [9.17, 15) is 24.6 Å². The Bertz CT molecular complexity index is 827. The quantitative estimate of drug-likeness (QED) is 0.702. The minimum atomic E-state index is -1.61. The van der Waals surface area contributed by atoms with Gasteiger partial charge in [-0.1, -0.05) is 25.5 Å². The first-order valence-electron chi connectivity index (χ1n) is 10.5. The zero-order chi connectivity index (χ0) is 21.2. The first-order valence-corrected chi connectivity index (χ1v) is 10.5. The molecule has 3 fully saturated rings. The highest BCUT2D eigenvalue weighted by Gasteiger charge is 2.68. The predicted octanol–water partition coefficient (Wildman–Crippen LogP) is 2.13. The van der Waals surface area contributed by atoms with Gasteiger partial charge in [0.2, 0.25) is 0 Å². The molecular weight excluding hydrogens is 372 g/mol. The van der Waals surface area contributed by atoms with Crippen molar-refractivity contribution in [2.75, 3.05) is 6.61 Å². The smallest absolute Gasteiger partial charge is 0.302 e. The molecule has 0 spiro atoms. The van der Waals surface area contributed by atoms with E-state index in [1.165, 1.54) is 6.92 Å². The minimum Gasteiger partial charge on any atom is -0.462 e. The van der Waals surface area contributed by atoms with E-state index in [1.54, 1.807) is 12.2 Å². The van der Waals surface area contributed by atoms with Gasteiger partial charge < -0.3 is 14.9 Å². The molecule has 6 heteroatoms. The summed E-state index contributed by atoms with van der Waals surface area (Å²) in [4.78, 5) is 36.5. The van der Waals surface area contributed by atoms with Crippen molar-refractivity contribution >= 4 is 17.5 Å². The van der Waals surface area contributed by atoms with E-state index in [0.29, 0.717) is 19.3 Å². The second kappa shape index (κ2) is 6.61. The lowest BCUT2D eigenvalue weighted by atomic mass is 9.46. The molecule has 0 heterocycles. The Kier molecular flexibility index (Phi) is 4.67. The normalized spacial score (nSPS) is 45.7. The summed E-state index contributed by atoms with van der Waals surface area (Å²) in [6, 6.07) is 0. The first-order chi connectivity index (χ1) is 13.6. The van der Waals surface area contributed by atoms with Crippen molar-refractivity contribution in [2.24, 2.45) is 28.6 Å². The van der Waals surface area contributed by atoms with Gasteiger partial charge in [0.25, 0.3) is 0 Å². The number of hydrogen-bond acceptors (Lipinski definition) is 6. The summed E-state index contributed by atoms with van der Waals surface area (Å²) >= 11 is 0. The summed E-state index contributed by atoms with van der Waals surface area (Å²) in [7, 11) is 0. The fourth-order valence-corrected chi connectivity index (χ4v) is 7.21. The predicted molar refractivity (Wildman–Crippen MR) is 105 cm³/mol. The van der Waals surface area contributed by atoms with Crippen LogP contribution in [0.1, 0.15) is 52.9 Å². The molecule has 0 saturated heterocycles. The van der Waals surface area contributed by atoms with Crippen molar-refractivity contribution in [3.8, 4) is 0 Å². The van der Waals surface area contributed by atoms with Crippen LogP contribution < -0.4 is 0 Å². The molecule has 0 aliphatic heterocycles. The fraction of sp³-hybridized carbons (Fsp3) is 0.696. The van der Waals surface area contributed by atoms with Crippen LogP contribution in [0.25, 0.3) is 0 Å². The van der Waals surface area contributed by atoms with Crippen LogP contribution >= 0.6 is 0 Å². The number of ether oxygens (including phenoxy) is 1. The van der Waals surface area contributed by atoms with E-state index in [4.69, 9.17) is 4.74 Å². The molecule has 3 saturated carbocycles. The summed E-state index contributed by atoms with van der Waals surface area (Å²) < 4.78 is 5.81. The zero-order valence-corrected chi connectivity index (χ0v) is 17.3. The zero-order valence-electron chi connectivity index (χ0n) is 17.3. The molecule has 2 N–H and O–H groups in total. The average molecular weight is 402 g/mol. The van der Waals surface area contributed by atoms with Crippen LogP contribution in [-0.2, 0) is 19.1 Å². The molecule has 4 aliphatic rings. The molecule has 158 valence electrons. The summed E-state index contributed by atoms with van der Waals surface area (Å²) in [5.41, 5.74) is -1.68. The molecule has 4 aliphatic carbocycles. The molecule has 0 aromatic rings. The van der Waals surface area contributed by atoms with E-state index in [1.807, 2.05) is 13.0 Å². The lowest BCUT2D eigenvalue weighted by Gasteiger charge is -2.60. The lowest BCUT2D eigenvalue weighted by molar-refractivity contribution is -0.191. The lowest BCUT2D eigenvalue weighted by Crippen LogP contribution is -2.62. The second-order valence-corrected chi connectivity index (χ2v) is 9.77. The number of Topliss-reactive ketones (excluding diaryl/α,β-unsaturated/α-hetero) is 1. The van der Waals surface area contributed by atoms with Crippen molar-refractivity contribution in [2.45, 2.75) is 64.6 Å². The number of aliphatic hydroxyl groups excluding tert-OH is 1. The molecule has 0 amide bonds. The summed E-state index contributed by atoms with van der Waals surface area (Å²) in [6.07, 6.45) is 7.79. The van der Waals surface area contributed by atoms with E-state index < -0.39 is 29.5 Å². The molecule has 6 nitrogen and oxygen atoms in total. The summed E-state index contributed by atoms with van der Waals surface area (Å²) in [5, 5.41) is 20.9. The van der Waals surface area contributed by atoms with Crippen molar-refractivity contribution in [1.82, 2.24) is 0 Å². The third-order valence-electron chi connectivity index (χ3n) is 8.55. The van der Waals surface area contributed by atoms with Gasteiger partial charge in [-0.05, 0) is 56.1 Å². The van der Waals surface area contributed by atoms with Crippen LogP contribution in [0.2, 0.25) is 0 Å². The van der Waals surface area contributed by atoms with Crippen molar-refractivity contribution in [3.63, 3.8) is 0 Å². The topological polar surface area (TPSA) is 101 Å². The van der Waals surface area contributed by atoms with Gasteiger partial charge in [0.1, 0.15) is 18.3 Å². The van der Waals surface area contributed by atoms with Gasteiger partial charge in [-0.15, -0.1) is 0 Å². The van der Waals surface area contributed by atoms with Crippen LogP contribution in [0, 0.1) is 28.6 Å². The Morgan fingerprint density at radius 1 is 1.28 bits per heavy atom. The summed E-state index contributed by atoms with van der Waals surface area (Å²) in [5.74, 6) is -0.720. The maximum atomic E-state index is 12.5. The number of hydrogen-bond donors (Lipinski definition) is 2. The molecular formula is C23H30O6.